The second-order valence-electron chi connectivity index (χ2n) is 6.19. The second-order valence-corrected chi connectivity index (χ2v) is 6.19. The molecular weight excluding hydrogens is 366 g/mol. The summed E-state index contributed by atoms with van der Waals surface area (Å²) in [7, 11) is 1.62. The van der Waals surface area contributed by atoms with Gasteiger partial charge in [-0.3, -0.25) is 10.1 Å². The number of nitro groups is 1. The van der Waals surface area contributed by atoms with Gasteiger partial charge in [-0.05, 0) is 19.4 Å². The minimum atomic E-state index is -1.24. The average Bonchev–Trinajstić information content (AvgIpc) is 2.65. The molecule has 0 aromatic heterocycles. The van der Waals surface area contributed by atoms with E-state index >= 15 is 0 Å². The Morgan fingerprint density at radius 3 is 2.54 bits per heavy atom. The molecule has 0 radical (unpaired) electrons. The molecule has 0 spiro atoms. The van der Waals surface area contributed by atoms with Gasteiger partial charge in [0.1, 0.15) is 6.61 Å². The van der Waals surface area contributed by atoms with Crippen molar-refractivity contribution in [2.45, 2.75) is 26.2 Å². The van der Waals surface area contributed by atoms with Crippen molar-refractivity contribution in [3.05, 3.63) is 62.5 Å². The van der Waals surface area contributed by atoms with Gasteiger partial charge in [-0.25, -0.2) is 9.59 Å². The lowest BCUT2D eigenvalue weighted by molar-refractivity contribution is -0.384. The number of ether oxygens (including phenoxy) is 1. The van der Waals surface area contributed by atoms with E-state index in [1.54, 1.807) is 25.8 Å². The molecule has 0 saturated heterocycles. The average molecular weight is 385 g/mol. The van der Waals surface area contributed by atoms with E-state index in [0.29, 0.717) is 17.0 Å². The van der Waals surface area contributed by atoms with Gasteiger partial charge in [0.2, 0.25) is 0 Å². The Bertz CT molecular complexity index is 941. The van der Waals surface area contributed by atoms with E-state index in [4.69, 9.17) is 10.00 Å². The predicted molar refractivity (Wildman–Crippen MR) is 97.8 cm³/mol. The molecule has 1 N–H and O–H groups in total. The molecular formula is C19H19N3O6. The molecule has 0 saturated carbocycles. The molecule has 0 aliphatic carbocycles. The molecule has 1 heterocycles. The van der Waals surface area contributed by atoms with Crippen LogP contribution in [0.15, 0.2) is 46.8 Å². The van der Waals surface area contributed by atoms with Crippen LogP contribution in [0.1, 0.15) is 31.7 Å². The summed E-state index contributed by atoms with van der Waals surface area (Å²) >= 11 is 0. The summed E-state index contributed by atoms with van der Waals surface area (Å²) in [4.78, 5) is 36.9. The van der Waals surface area contributed by atoms with Crippen molar-refractivity contribution in [2.75, 3.05) is 13.7 Å². The van der Waals surface area contributed by atoms with Crippen LogP contribution in [-0.4, -0.2) is 40.5 Å². The van der Waals surface area contributed by atoms with E-state index in [0.717, 1.165) is 0 Å². The Hall–Kier alpha value is -3.67. The highest BCUT2D eigenvalue weighted by Crippen LogP contribution is 2.42. The Labute approximate surface area is 161 Å². The second kappa shape index (κ2) is 8.35. The van der Waals surface area contributed by atoms with Crippen molar-refractivity contribution in [2.24, 2.45) is 0 Å². The minimum Gasteiger partial charge on any atom is -0.478 e. The van der Waals surface area contributed by atoms with Gasteiger partial charge < -0.3 is 14.7 Å². The molecule has 9 heteroatoms. The molecule has 146 valence electrons. The first-order valence-corrected chi connectivity index (χ1v) is 8.37. The van der Waals surface area contributed by atoms with Gasteiger partial charge in [-0.15, -0.1) is 0 Å². The lowest BCUT2D eigenvalue weighted by atomic mass is 9.80. The summed E-state index contributed by atoms with van der Waals surface area (Å²) in [6.07, 6.45) is -0.00393. The van der Waals surface area contributed by atoms with Crippen molar-refractivity contribution < 1.29 is 24.4 Å². The standard InChI is InChI=1S/C19H19N3O6/c1-11-15(18(23)24)17(13-6-4-7-14(10-13)22(26)27)16(12(2)21(11)3)19(25)28-9-5-8-20/h4,6-7,10,17H,5,9H2,1-3H3,(H,23,24)/t17-/m0/s1. The normalized spacial score (nSPS) is 16.6. The fourth-order valence-corrected chi connectivity index (χ4v) is 3.14. The van der Waals surface area contributed by atoms with E-state index < -0.39 is 22.8 Å². The van der Waals surface area contributed by atoms with E-state index in [-0.39, 0.29) is 29.9 Å². The summed E-state index contributed by atoms with van der Waals surface area (Å²) in [6.45, 7) is 3.12. The van der Waals surface area contributed by atoms with Crippen LogP contribution in [0.25, 0.3) is 0 Å². The predicted octanol–water partition coefficient (Wildman–Crippen LogP) is 2.71. The zero-order valence-corrected chi connectivity index (χ0v) is 15.6. The van der Waals surface area contributed by atoms with Gasteiger partial charge in [0, 0.05) is 30.6 Å². The zero-order valence-electron chi connectivity index (χ0n) is 15.6. The van der Waals surface area contributed by atoms with Crippen molar-refractivity contribution >= 4 is 17.6 Å². The number of carbonyl (C=O) groups is 2. The first-order valence-electron chi connectivity index (χ1n) is 8.37. The van der Waals surface area contributed by atoms with E-state index in [1.807, 2.05) is 6.07 Å². The Morgan fingerprint density at radius 2 is 1.96 bits per heavy atom. The third kappa shape index (κ3) is 3.86. The third-order valence-electron chi connectivity index (χ3n) is 4.67. The minimum absolute atomic E-state index is 0.00393. The quantitative estimate of drug-likeness (QED) is 0.342. The Kier molecular flexibility index (Phi) is 6.15. The smallest absolute Gasteiger partial charge is 0.336 e. The van der Waals surface area contributed by atoms with Crippen LogP contribution in [-0.2, 0) is 14.3 Å². The molecule has 0 amide bonds. The van der Waals surface area contributed by atoms with Crippen LogP contribution in [0.3, 0.4) is 0 Å². The summed E-state index contributed by atoms with van der Waals surface area (Å²) in [6, 6.07) is 7.38. The Balaban J connectivity index is 2.67. The zero-order chi connectivity index (χ0) is 21.0. The number of hydrogen-bond acceptors (Lipinski definition) is 7. The highest BCUT2D eigenvalue weighted by Gasteiger charge is 2.39. The first-order chi connectivity index (χ1) is 13.2. The van der Waals surface area contributed by atoms with Crippen LogP contribution in [0, 0.1) is 21.4 Å². The van der Waals surface area contributed by atoms with Crippen LogP contribution in [0.4, 0.5) is 5.69 Å². The number of nitro benzene ring substituents is 1. The number of carbonyl (C=O) groups excluding carboxylic acids is 1. The number of carboxylic acids is 1. The van der Waals surface area contributed by atoms with Crippen LogP contribution in [0.2, 0.25) is 0 Å². The van der Waals surface area contributed by atoms with Crippen LogP contribution >= 0.6 is 0 Å². The summed E-state index contributed by atoms with van der Waals surface area (Å²) in [5.41, 5.74) is 0.972. The highest BCUT2D eigenvalue weighted by molar-refractivity contribution is 5.99. The fourth-order valence-electron chi connectivity index (χ4n) is 3.14. The molecule has 9 nitrogen and oxygen atoms in total. The number of aliphatic carboxylic acids is 1. The largest absolute Gasteiger partial charge is 0.478 e. The maximum Gasteiger partial charge on any atom is 0.336 e. The van der Waals surface area contributed by atoms with Crippen molar-refractivity contribution in [3.8, 4) is 6.07 Å². The van der Waals surface area contributed by atoms with Gasteiger partial charge in [-0.1, -0.05) is 12.1 Å². The number of rotatable bonds is 6. The third-order valence-corrected chi connectivity index (χ3v) is 4.67. The van der Waals surface area contributed by atoms with E-state index in [1.165, 1.54) is 24.3 Å². The van der Waals surface area contributed by atoms with Gasteiger partial charge >= 0.3 is 11.9 Å². The van der Waals surface area contributed by atoms with Crippen LogP contribution in [0.5, 0.6) is 0 Å². The van der Waals surface area contributed by atoms with Gasteiger partial charge in [-0.2, -0.15) is 5.26 Å². The van der Waals surface area contributed by atoms with Gasteiger partial charge in [0.15, 0.2) is 0 Å². The monoisotopic (exact) mass is 385 g/mol. The van der Waals surface area contributed by atoms with E-state index in [9.17, 15) is 24.8 Å². The molecule has 1 aromatic rings. The maximum atomic E-state index is 12.7. The van der Waals surface area contributed by atoms with Gasteiger partial charge in [0.25, 0.3) is 5.69 Å². The number of carboxylic acid groups (broad SMARTS) is 1. The van der Waals surface area contributed by atoms with Crippen molar-refractivity contribution in [1.82, 2.24) is 4.90 Å². The number of allylic oxidation sites excluding steroid dienone is 2. The van der Waals surface area contributed by atoms with Crippen LogP contribution < -0.4 is 0 Å². The topological polar surface area (TPSA) is 134 Å². The van der Waals surface area contributed by atoms with E-state index in [2.05, 4.69) is 0 Å². The molecule has 28 heavy (non-hydrogen) atoms. The fraction of sp³-hybridized carbons (Fsp3) is 0.316. The molecule has 0 fully saturated rings. The van der Waals surface area contributed by atoms with Gasteiger partial charge in [0.05, 0.1) is 34.5 Å². The maximum absolute atomic E-state index is 12.7. The molecule has 0 unspecified atom stereocenters. The summed E-state index contributed by atoms with van der Waals surface area (Å²) in [5.74, 6) is -3.04. The lowest BCUT2D eigenvalue weighted by Gasteiger charge is -2.35. The molecule has 1 aliphatic rings. The van der Waals surface area contributed by atoms with Crippen molar-refractivity contribution in [3.63, 3.8) is 0 Å². The molecule has 1 aromatic carbocycles. The summed E-state index contributed by atoms with van der Waals surface area (Å²) in [5, 5.41) is 29.6. The SMILES string of the molecule is CC1=C(C(=O)O)[C@H](c2cccc([N+](=O)[O-])c2)C(C(=O)OCCC#N)=C(C)N1C. The summed E-state index contributed by atoms with van der Waals surface area (Å²) < 4.78 is 5.14. The number of benzene rings is 1. The number of nitrogens with zero attached hydrogens (tertiary/aromatic N) is 3. The molecule has 2 rings (SSSR count). The number of nitriles is 1. The number of esters is 1. The van der Waals surface area contributed by atoms with Crippen molar-refractivity contribution in [1.29, 1.82) is 5.26 Å². The molecule has 1 aliphatic heterocycles. The highest BCUT2D eigenvalue weighted by atomic mass is 16.6. The number of hydrogen-bond donors (Lipinski definition) is 1. The Morgan fingerprint density at radius 1 is 1.32 bits per heavy atom. The first kappa shape index (κ1) is 20.6. The molecule has 1 atom stereocenters. The number of non-ortho nitro benzene ring substituents is 1. The lowest BCUT2D eigenvalue weighted by Crippen LogP contribution is -2.33. The molecule has 0 bridgehead atoms.